The number of halogens is 3. The molecule has 8 heteroatoms. The third kappa shape index (κ3) is 4.52. The van der Waals surface area contributed by atoms with Crippen molar-refractivity contribution < 1.29 is 18.0 Å². The van der Waals surface area contributed by atoms with Crippen LogP contribution < -0.4 is 4.90 Å². The smallest absolute Gasteiger partial charge is 0.341 e. The molecule has 0 spiro atoms. The topological polar surface area (TPSA) is 49.3 Å². The summed E-state index contributed by atoms with van der Waals surface area (Å²) < 4.78 is 38.6. The molecule has 29 heavy (non-hydrogen) atoms. The van der Waals surface area contributed by atoms with E-state index >= 15 is 0 Å². The van der Waals surface area contributed by atoms with E-state index in [2.05, 4.69) is 22.1 Å². The van der Waals surface area contributed by atoms with Crippen LogP contribution in [-0.4, -0.2) is 40.4 Å². The molecule has 5 nitrogen and oxygen atoms in total. The fraction of sp³-hybridized carbons (Fsp3) is 0.476. The van der Waals surface area contributed by atoms with E-state index in [0.29, 0.717) is 26.1 Å². The number of amides is 1. The van der Waals surface area contributed by atoms with E-state index in [1.807, 2.05) is 17.0 Å². The summed E-state index contributed by atoms with van der Waals surface area (Å²) in [6, 6.07) is 9.09. The van der Waals surface area contributed by atoms with Gasteiger partial charge in [-0.15, -0.1) is 0 Å². The zero-order valence-electron chi connectivity index (χ0n) is 16.0. The van der Waals surface area contributed by atoms with Crippen molar-refractivity contribution in [3.63, 3.8) is 0 Å². The molecule has 2 aliphatic rings. The maximum Gasteiger partial charge on any atom is 0.433 e. The van der Waals surface area contributed by atoms with E-state index in [4.69, 9.17) is 0 Å². The van der Waals surface area contributed by atoms with Crippen LogP contribution in [0.3, 0.4) is 0 Å². The average molecular weight is 404 g/mol. The highest BCUT2D eigenvalue weighted by molar-refractivity contribution is 5.76. The van der Waals surface area contributed by atoms with Gasteiger partial charge in [-0.2, -0.15) is 13.2 Å². The molecule has 1 aromatic carbocycles. The molecule has 0 unspecified atom stereocenters. The molecule has 1 amide bonds. The van der Waals surface area contributed by atoms with Crippen LogP contribution in [0.1, 0.15) is 36.1 Å². The van der Waals surface area contributed by atoms with Crippen LogP contribution in [-0.2, 0) is 23.9 Å². The second-order valence-corrected chi connectivity index (χ2v) is 7.71. The number of alkyl halides is 3. The van der Waals surface area contributed by atoms with Gasteiger partial charge in [-0.1, -0.05) is 24.3 Å². The van der Waals surface area contributed by atoms with Crippen LogP contribution in [0.5, 0.6) is 0 Å². The number of anilines is 1. The first kappa shape index (κ1) is 19.7. The van der Waals surface area contributed by atoms with E-state index in [1.165, 1.54) is 11.1 Å². The van der Waals surface area contributed by atoms with Gasteiger partial charge in [0.2, 0.25) is 11.9 Å². The van der Waals surface area contributed by atoms with Crippen molar-refractivity contribution in [2.45, 2.75) is 38.4 Å². The quantitative estimate of drug-likeness (QED) is 0.783. The van der Waals surface area contributed by atoms with Crippen molar-refractivity contribution in [3.05, 3.63) is 53.3 Å². The molecule has 0 bridgehead atoms. The molecule has 0 aliphatic carbocycles. The van der Waals surface area contributed by atoms with Crippen molar-refractivity contribution in [2.75, 3.05) is 24.5 Å². The molecule has 2 aliphatic heterocycles. The number of hydrogen-bond donors (Lipinski definition) is 0. The minimum Gasteiger partial charge on any atom is -0.341 e. The van der Waals surface area contributed by atoms with E-state index in [9.17, 15) is 18.0 Å². The lowest BCUT2D eigenvalue weighted by Gasteiger charge is -2.34. The first-order valence-corrected chi connectivity index (χ1v) is 9.90. The Morgan fingerprint density at radius 3 is 2.52 bits per heavy atom. The third-order valence-corrected chi connectivity index (χ3v) is 5.78. The number of aromatic nitrogens is 2. The highest BCUT2D eigenvalue weighted by Gasteiger charge is 2.34. The Kier molecular flexibility index (Phi) is 5.43. The molecule has 0 saturated carbocycles. The molecular formula is C21H23F3N4O. The lowest BCUT2D eigenvalue weighted by molar-refractivity contribution is -0.141. The summed E-state index contributed by atoms with van der Waals surface area (Å²) in [5.41, 5.74) is 1.60. The van der Waals surface area contributed by atoms with Crippen LogP contribution in [0.2, 0.25) is 0 Å². The van der Waals surface area contributed by atoms with Gasteiger partial charge in [0.1, 0.15) is 5.69 Å². The number of piperidine rings is 1. The van der Waals surface area contributed by atoms with E-state index < -0.39 is 11.9 Å². The zero-order chi connectivity index (χ0) is 20.4. The molecule has 154 valence electrons. The number of benzene rings is 1. The molecular weight excluding hydrogens is 381 g/mol. The van der Waals surface area contributed by atoms with Gasteiger partial charge >= 0.3 is 6.18 Å². The number of hydrogen-bond acceptors (Lipinski definition) is 4. The summed E-state index contributed by atoms with van der Waals surface area (Å²) in [4.78, 5) is 24.1. The van der Waals surface area contributed by atoms with Crippen LogP contribution in [0.25, 0.3) is 0 Å². The molecule has 1 fully saturated rings. The van der Waals surface area contributed by atoms with Gasteiger partial charge in [0.25, 0.3) is 0 Å². The van der Waals surface area contributed by atoms with Crippen LogP contribution >= 0.6 is 0 Å². The molecule has 0 atom stereocenters. The van der Waals surface area contributed by atoms with Crippen LogP contribution in [0, 0.1) is 5.92 Å². The Labute approximate surface area is 167 Å². The van der Waals surface area contributed by atoms with Gasteiger partial charge < -0.3 is 9.80 Å². The molecule has 3 heterocycles. The normalized spacial score (nSPS) is 17.9. The van der Waals surface area contributed by atoms with E-state index in [0.717, 1.165) is 38.1 Å². The molecule has 0 N–H and O–H groups in total. The molecule has 2 aromatic rings. The van der Waals surface area contributed by atoms with Crippen molar-refractivity contribution >= 4 is 11.9 Å². The summed E-state index contributed by atoms with van der Waals surface area (Å²) in [5, 5.41) is 0. The standard InChI is InChI=1S/C21H23F3N4O/c22-21(23,24)18-5-9-25-20(26-18)27-10-6-15(7-11-27)13-19(29)28-12-8-16-3-1-2-4-17(16)14-28/h1-5,9,15H,6-8,10-14H2. The first-order chi connectivity index (χ1) is 13.9. The second kappa shape index (κ2) is 8.00. The Balaban J connectivity index is 1.31. The Hall–Kier alpha value is -2.64. The van der Waals surface area contributed by atoms with Gasteiger partial charge in [0, 0.05) is 38.8 Å². The summed E-state index contributed by atoms with van der Waals surface area (Å²) >= 11 is 0. The highest BCUT2D eigenvalue weighted by Crippen LogP contribution is 2.30. The van der Waals surface area contributed by atoms with Crippen molar-refractivity contribution in [3.8, 4) is 0 Å². The van der Waals surface area contributed by atoms with E-state index in [-0.39, 0.29) is 17.8 Å². The zero-order valence-corrected chi connectivity index (χ0v) is 16.0. The fourth-order valence-corrected chi connectivity index (χ4v) is 4.08. The summed E-state index contributed by atoms with van der Waals surface area (Å²) in [6.07, 6.45) is -0.470. The maximum absolute atomic E-state index is 12.9. The van der Waals surface area contributed by atoms with Crippen LogP contribution in [0.15, 0.2) is 36.5 Å². The van der Waals surface area contributed by atoms with Crippen molar-refractivity contribution in [1.82, 2.24) is 14.9 Å². The predicted octanol–water partition coefficient (Wildman–Crippen LogP) is 3.69. The molecule has 0 radical (unpaired) electrons. The number of rotatable bonds is 3. The first-order valence-electron chi connectivity index (χ1n) is 9.90. The number of carbonyl (C=O) groups is 1. The maximum atomic E-state index is 12.9. The molecule has 1 saturated heterocycles. The van der Waals surface area contributed by atoms with Gasteiger partial charge in [-0.05, 0) is 42.4 Å². The van der Waals surface area contributed by atoms with E-state index in [1.54, 1.807) is 4.90 Å². The highest BCUT2D eigenvalue weighted by atomic mass is 19.4. The summed E-state index contributed by atoms with van der Waals surface area (Å²) in [6.45, 7) is 2.52. The Morgan fingerprint density at radius 1 is 1.07 bits per heavy atom. The summed E-state index contributed by atoms with van der Waals surface area (Å²) in [7, 11) is 0. The van der Waals surface area contributed by atoms with Crippen molar-refractivity contribution in [1.29, 1.82) is 0 Å². The lowest BCUT2D eigenvalue weighted by Crippen LogP contribution is -2.40. The Morgan fingerprint density at radius 2 is 1.79 bits per heavy atom. The number of fused-ring (bicyclic) bond motifs is 1. The average Bonchev–Trinajstić information content (AvgIpc) is 2.73. The monoisotopic (exact) mass is 404 g/mol. The third-order valence-electron chi connectivity index (χ3n) is 5.78. The van der Waals surface area contributed by atoms with Gasteiger partial charge in [0.15, 0.2) is 0 Å². The van der Waals surface area contributed by atoms with Crippen molar-refractivity contribution in [2.24, 2.45) is 5.92 Å². The minimum atomic E-state index is -4.48. The van der Waals surface area contributed by atoms with Gasteiger partial charge in [-0.25, -0.2) is 9.97 Å². The van der Waals surface area contributed by atoms with Gasteiger partial charge in [0.05, 0.1) is 0 Å². The largest absolute Gasteiger partial charge is 0.433 e. The van der Waals surface area contributed by atoms with Gasteiger partial charge in [-0.3, -0.25) is 4.79 Å². The SMILES string of the molecule is O=C(CC1CCN(c2nccc(C(F)(F)F)n2)CC1)N1CCc2ccccc2C1. The molecule has 1 aromatic heterocycles. The summed E-state index contributed by atoms with van der Waals surface area (Å²) in [5.74, 6) is 0.507. The Bertz CT molecular complexity index is 878. The molecule has 4 rings (SSSR count). The predicted molar refractivity (Wildman–Crippen MR) is 102 cm³/mol. The number of carbonyl (C=O) groups excluding carboxylic acids is 1. The number of nitrogens with zero attached hydrogens (tertiary/aromatic N) is 4. The van der Waals surface area contributed by atoms with Crippen LogP contribution in [0.4, 0.5) is 19.1 Å². The fourth-order valence-electron chi connectivity index (χ4n) is 4.08. The second-order valence-electron chi connectivity index (χ2n) is 7.71. The minimum absolute atomic E-state index is 0.109. The lowest BCUT2D eigenvalue weighted by atomic mass is 9.92.